The van der Waals surface area contributed by atoms with Gasteiger partial charge in [0.1, 0.15) is 5.69 Å². The Morgan fingerprint density at radius 3 is 2.80 bits per heavy atom. The van der Waals surface area contributed by atoms with Crippen LogP contribution in [0.5, 0.6) is 0 Å². The molecule has 3 rings (SSSR count). The Bertz CT molecular complexity index is 774. The zero-order valence-electron chi connectivity index (χ0n) is 10.9. The predicted octanol–water partition coefficient (Wildman–Crippen LogP) is 1.61. The molecule has 0 aliphatic heterocycles. The van der Waals surface area contributed by atoms with Gasteiger partial charge in [-0.2, -0.15) is 9.78 Å². The van der Waals surface area contributed by atoms with Crippen LogP contribution >= 0.6 is 11.6 Å². The highest BCUT2D eigenvalue weighted by Crippen LogP contribution is 2.31. The van der Waals surface area contributed by atoms with Crippen molar-refractivity contribution < 1.29 is 0 Å². The minimum atomic E-state index is 0.451. The number of anilines is 1. The highest BCUT2D eigenvalue weighted by molar-refractivity contribution is 6.33. The summed E-state index contributed by atoms with van der Waals surface area (Å²) in [4.78, 5) is 0. The normalized spacial score (nSPS) is 10.9. The first-order valence-corrected chi connectivity index (χ1v) is 6.29. The van der Waals surface area contributed by atoms with Crippen molar-refractivity contribution in [1.29, 1.82) is 0 Å². The molecule has 0 saturated carbocycles. The zero-order valence-corrected chi connectivity index (χ0v) is 11.7. The van der Waals surface area contributed by atoms with Gasteiger partial charge in [0, 0.05) is 12.6 Å². The molecule has 0 unspecified atom stereocenters. The lowest BCUT2D eigenvalue weighted by molar-refractivity contribution is 0.755. The molecule has 2 heterocycles. The number of tetrazole rings is 1. The van der Waals surface area contributed by atoms with Gasteiger partial charge in [-0.05, 0) is 29.5 Å². The number of para-hydroxylation sites is 1. The smallest absolute Gasteiger partial charge is 0.189 e. The Morgan fingerprint density at radius 2 is 2.10 bits per heavy atom. The highest BCUT2D eigenvalue weighted by atomic mass is 35.5. The summed E-state index contributed by atoms with van der Waals surface area (Å²) in [6.07, 6.45) is 1.84. The Morgan fingerprint density at radius 1 is 1.30 bits per heavy atom. The van der Waals surface area contributed by atoms with E-state index >= 15 is 0 Å². The molecule has 3 aromatic rings. The summed E-state index contributed by atoms with van der Waals surface area (Å²) < 4.78 is 3.31. The topological polar surface area (TPSA) is 87.4 Å². The quantitative estimate of drug-likeness (QED) is 0.724. The largest absolute Gasteiger partial charge is 0.397 e. The SMILES string of the molecule is Cc1nn(C)cc1-n1nnnc1-c1cccc(Cl)c1N. The molecule has 2 aromatic heterocycles. The van der Waals surface area contributed by atoms with E-state index in [4.69, 9.17) is 17.3 Å². The maximum absolute atomic E-state index is 6.05. The van der Waals surface area contributed by atoms with Gasteiger partial charge in [-0.25, -0.2) is 0 Å². The molecule has 1 aromatic carbocycles. The summed E-state index contributed by atoms with van der Waals surface area (Å²) in [7, 11) is 1.84. The second-order valence-corrected chi connectivity index (χ2v) is 4.80. The van der Waals surface area contributed by atoms with E-state index in [2.05, 4.69) is 20.6 Å². The minimum absolute atomic E-state index is 0.451. The average Bonchev–Trinajstić information content (AvgIpc) is 2.99. The molecule has 0 saturated heterocycles. The fourth-order valence-electron chi connectivity index (χ4n) is 2.04. The maximum atomic E-state index is 6.05. The van der Waals surface area contributed by atoms with Gasteiger partial charge in [0.05, 0.1) is 22.6 Å². The van der Waals surface area contributed by atoms with Crippen molar-refractivity contribution in [1.82, 2.24) is 30.0 Å². The molecule has 0 radical (unpaired) electrons. The lowest BCUT2D eigenvalue weighted by Crippen LogP contribution is -2.02. The maximum Gasteiger partial charge on any atom is 0.189 e. The summed E-state index contributed by atoms with van der Waals surface area (Å²) in [6, 6.07) is 5.36. The van der Waals surface area contributed by atoms with Crippen LogP contribution in [0.1, 0.15) is 5.69 Å². The van der Waals surface area contributed by atoms with Gasteiger partial charge in [0.15, 0.2) is 5.82 Å². The van der Waals surface area contributed by atoms with E-state index in [0.717, 1.165) is 11.4 Å². The molecular weight excluding hydrogens is 278 g/mol. The number of aryl methyl sites for hydroxylation is 2. The van der Waals surface area contributed by atoms with Crippen molar-refractivity contribution >= 4 is 17.3 Å². The number of nitrogen functional groups attached to an aromatic ring is 1. The average molecular weight is 290 g/mol. The number of nitrogens with two attached hydrogens (primary N) is 1. The molecule has 0 aliphatic rings. The van der Waals surface area contributed by atoms with Crippen molar-refractivity contribution in [3.8, 4) is 17.1 Å². The second kappa shape index (κ2) is 4.61. The molecule has 0 amide bonds. The lowest BCUT2D eigenvalue weighted by atomic mass is 10.1. The molecule has 7 nitrogen and oxygen atoms in total. The Hall–Kier alpha value is -2.41. The van der Waals surface area contributed by atoms with Crippen molar-refractivity contribution in [2.45, 2.75) is 6.92 Å². The van der Waals surface area contributed by atoms with Crippen LogP contribution in [-0.4, -0.2) is 30.0 Å². The van der Waals surface area contributed by atoms with Crippen LogP contribution in [0.15, 0.2) is 24.4 Å². The summed E-state index contributed by atoms with van der Waals surface area (Å²) in [6.45, 7) is 1.89. The van der Waals surface area contributed by atoms with Gasteiger partial charge < -0.3 is 5.73 Å². The van der Waals surface area contributed by atoms with E-state index in [1.807, 2.05) is 32.3 Å². The minimum Gasteiger partial charge on any atom is -0.397 e. The summed E-state index contributed by atoms with van der Waals surface area (Å²) in [5.41, 5.74) is 8.76. The van der Waals surface area contributed by atoms with Gasteiger partial charge in [-0.3, -0.25) is 4.68 Å². The Balaban J connectivity index is 2.20. The number of halogens is 1. The number of benzene rings is 1. The molecule has 20 heavy (non-hydrogen) atoms. The number of nitrogens with zero attached hydrogens (tertiary/aromatic N) is 6. The second-order valence-electron chi connectivity index (χ2n) is 4.39. The fraction of sp³-hybridized carbons (Fsp3) is 0.167. The predicted molar refractivity (Wildman–Crippen MR) is 75.5 cm³/mol. The van der Waals surface area contributed by atoms with Crippen molar-refractivity contribution in [3.63, 3.8) is 0 Å². The molecule has 0 spiro atoms. The third-order valence-electron chi connectivity index (χ3n) is 2.98. The van der Waals surface area contributed by atoms with Crippen LogP contribution in [0.25, 0.3) is 17.1 Å². The number of hydrogen-bond donors (Lipinski definition) is 1. The standard InChI is InChI=1S/C12H12ClN7/c1-7-10(6-19(2)16-7)20-12(15-17-18-20)8-4-3-5-9(13)11(8)14/h3-6H,14H2,1-2H3. The number of rotatable bonds is 2. The first kappa shape index (κ1) is 12.6. The van der Waals surface area contributed by atoms with Crippen molar-refractivity contribution in [3.05, 3.63) is 35.1 Å². The zero-order chi connectivity index (χ0) is 14.3. The van der Waals surface area contributed by atoms with Crippen LogP contribution in [0, 0.1) is 6.92 Å². The van der Waals surface area contributed by atoms with E-state index in [1.165, 1.54) is 0 Å². The van der Waals surface area contributed by atoms with E-state index in [9.17, 15) is 0 Å². The van der Waals surface area contributed by atoms with Gasteiger partial charge >= 0.3 is 0 Å². The van der Waals surface area contributed by atoms with Crippen LogP contribution < -0.4 is 5.73 Å². The van der Waals surface area contributed by atoms with E-state index < -0.39 is 0 Å². The molecule has 8 heteroatoms. The van der Waals surface area contributed by atoms with Gasteiger partial charge in [0.2, 0.25) is 0 Å². The third-order valence-corrected chi connectivity index (χ3v) is 3.31. The van der Waals surface area contributed by atoms with Crippen LogP contribution in [0.3, 0.4) is 0 Å². The van der Waals surface area contributed by atoms with Crippen molar-refractivity contribution in [2.24, 2.45) is 7.05 Å². The Kier molecular flexibility index (Phi) is 2.90. The fourth-order valence-corrected chi connectivity index (χ4v) is 2.22. The molecule has 0 atom stereocenters. The summed E-state index contributed by atoms with van der Waals surface area (Å²) in [5, 5.41) is 16.5. The van der Waals surface area contributed by atoms with E-state index in [-0.39, 0.29) is 0 Å². The van der Waals surface area contributed by atoms with E-state index in [1.54, 1.807) is 15.4 Å². The molecule has 0 aliphatic carbocycles. The highest BCUT2D eigenvalue weighted by Gasteiger charge is 2.17. The molecule has 0 fully saturated rings. The third kappa shape index (κ3) is 1.92. The van der Waals surface area contributed by atoms with Crippen LogP contribution in [0.4, 0.5) is 5.69 Å². The molecule has 0 bridgehead atoms. The van der Waals surface area contributed by atoms with E-state index in [0.29, 0.717) is 22.1 Å². The van der Waals surface area contributed by atoms with Crippen LogP contribution in [0.2, 0.25) is 5.02 Å². The number of hydrogen-bond acceptors (Lipinski definition) is 5. The Labute approximate surface area is 120 Å². The summed E-state index contributed by atoms with van der Waals surface area (Å²) in [5.74, 6) is 0.529. The van der Waals surface area contributed by atoms with Gasteiger partial charge in [-0.15, -0.1) is 5.10 Å². The summed E-state index contributed by atoms with van der Waals surface area (Å²) >= 11 is 6.05. The van der Waals surface area contributed by atoms with Gasteiger partial charge in [0.25, 0.3) is 0 Å². The first-order chi connectivity index (χ1) is 9.58. The molecule has 2 N–H and O–H groups in total. The van der Waals surface area contributed by atoms with Crippen LogP contribution in [-0.2, 0) is 7.05 Å². The number of aromatic nitrogens is 6. The lowest BCUT2D eigenvalue weighted by Gasteiger charge is -2.07. The molecular formula is C12H12ClN7. The van der Waals surface area contributed by atoms with Crippen molar-refractivity contribution in [2.75, 3.05) is 5.73 Å². The molecule has 102 valence electrons. The van der Waals surface area contributed by atoms with Gasteiger partial charge in [-0.1, -0.05) is 17.7 Å². The first-order valence-electron chi connectivity index (χ1n) is 5.91. The monoisotopic (exact) mass is 289 g/mol.